The number of imidazole rings is 1. The largest absolute Gasteiger partial charge is 0.374 e. The van der Waals surface area contributed by atoms with Crippen LogP contribution in [0.4, 0.5) is 20.3 Å². The predicted molar refractivity (Wildman–Crippen MR) is 236 cm³/mol. The minimum Gasteiger partial charge on any atom is -0.374 e. The van der Waals surface area contributed by atoms with Gasteiger partial charge in [-0.15, -0.1) is 0 Å². The number of hydrogen-bond donors (Lipinski definition) is 2. The van der Waals surface area contributed by atoms with Gasteiger partial charge >= 0.3 is 5.69 Å². The molecule has 0 spiro atoms. The average Bonchev–Trinajstić information content (AvgIpc) is 4.14. The molecule has 6 aliphatic rings. The third-order valence-corrected chi connectivity index (χ3v) is 15.4. The highest BCUT2D eigenvalue weighted by Gasteiger charge is 2.44. The molecule has 5 aromatic rings. The number of fused-ring (bicyclic) bond motifs is 4. The molecule has 3 atom stereocenters. The van der Waals surface area contributed by atoms with Crippen LogP contribution in [0.15, 0.2) is 47.7 Å². The summed E-state index contributed by atoms with van der Waals surface area (Å²) in [7, 11) is 1.77. The van der Waals surface area contributed by atoms with E-state index in [0.29, 0.717) is 30.5 Å². The summed E-state index contributed by atoms with van der Waals surface area (Å²) in [5.41, 5.74) is 2.83. The third kappa shape index (κ3) is 7.71. The SMILES string of the molecule is Cn1c(=O)n(C2CCC(=O)NC2=O)c2cccc([C@H]3C[C@](C)(CN4CCN(C[C@H]5CC[C@H](n6cc(NC(=O)c7cnn8ccc(N9C[C@H]%10CC9CO%10)nc78)c(C(F)F)n6)CC5)CC4)C3)c21. The Bertz CT molecular complexity index is 2720. The molecular weight excluding hydrogens is 839 g/mol. The Balaban J connectivity index is 0.661. The van der Waals surface area contributed by atoms with Crippen molar-refractivity contribution in [1.82, 2.24) is 48.6 Å². The quantitative estimate of drug-likeness (QED) is 0.177. The number of ether oxygens (including phenoxy) is 1. The molecule has 19 heteroatoms. The maximum Gasteiger partial charge on any atom is 0.329 e. The molecule has 2 bridgehead atoms. The predicted octanol–water partition coefficient (Wildman–Crippen LogP) is 4.66. The summed E-state index contributed by atoms with van der Waals surface area (Å²) in [4.78, 5) is 63.7. The van der Waals surface area contributed by atoms with Gasteiger partial charge in [0.1, 0.15) is 17.4 Å². The average molecular weight is 895 g/mol. The number of nitrogens with zero attached hydrogens (tertiary/aromatic N) is 10. The number of alkyl halides is 2. The molecule has 2 unspecified atom stereocenters. The highest BCUT2D eigenvalue weighted by molar-refractivity contribution is 6.08. The molecule has 3 amide bonds. The second-order valence-electron chi connectivity index (χ2n) is 19.8. The molecule has 17 nitrogen and oxygen atoms in total. The van der Waals surface area contributed by atoms with Crippen LogP contribution in [0.3, 0.4) is 0 Å². The van der Waals surface area contributed by atoms with Gasteiger partial charge in [0.05, 0.1) is 47.7 Å². The van der Waals surface area contributed by atoms with Gasteiger partial charge in [-0.05, 0) is 86.3 Å². The lowest BCUT2D eigenvalue weighted by atomic mass is 9.60. The van der Waals surface area contributed by atoms with Crippen LogP contribution in [-0.4, -0.2) is 126 Å². The molecule has 2 saturated carbocycles. The Hall–Kier alpha value is -5.53. The van der Waals surface area contributed by atoms with Gasteiger partial charge in [0.15, 0.2) is 11.3 Å². The molecule has 0 radical (unpaired) electrons. The summed E-state index contributed by atoms with van der Waals surface area (Å²) in [6.07, 6.45) is 9.20. The number of nitrogens with one attached hydrogen (secondary N) is 2. The molecule has 1 aromatic carbocycles. The minimum atomic E-state index is -2.85. The first-order valence-corrected chi connectivity index (χ1v) is 23.3. The molecule has 344 valence electrons. The number of rotatable bonds is 11. The van der Waals surface area contributed by atoms with Crippen molar-refractivity contribution in [2.24, 2.45) is 18.4 Å². The Kier molecular flexibility index (Phi) is 10.6. The smallest absolute Gasteiger partial charge is 0.329 e. The fourth-order valence-corrected chi connectivity index (χ4v) is 12.0. The lowest BCUT2D eigenvalue weighted by Crippen LogP contribution is -2.52. The van der Waals surface area contributed by atoms with Gasteiger partial charge in [0.2, 0.25) is 11.8 Å². The summed E-state index contributed by atoms with van der Waals surface area (Å²) in [6, 6.07) is 7.39. The Morgan fingerprint density at radius 3 is 2.52 bits per heavy atom. The first-order valence-electron chi connectivity index (χ1n) is 23.3. The van der Waals surface area contributed by atoms with E-state index in [1.807, 2.05) is 18.2 Å². The van der Waals surface area contributed by atoms with Crippen molar-refractivity contribution < 1.29 is 27.9 Å². The zero-order valence-corrected chi connectivity index (χ0v) is 36.9. The van der Waals surface area contributed by atoms with Crippen molar-refractivity contribution in [2.45, 2.75) is 101 Å². The second kappa shape index (κ2) is 16.4. The number of benzene rings is 1. The second-order valence-corrected chi connectivity index (χ2v) is 19.8. The van der Waals surface area contributed by atoms with Crippen molar-refractivity contribution in [2.75, 3.05) is 62.6 Å². The van der Waals surface area contributed by atoms with E-state index in [9.17, 15) is 28.0 Å². The van der Waals surface area contributed by atoms with E-state index in [1.165, 1.54) is 10.7 Å². The molecular formula is C46H56F2N12O5. The first kappa shape index (κ1) is 42.1. The number of aromatic nitrogens is 7. The van der Waals surface area contributed by atoms with Gasteiger partial charge in [-0.2, -0.15) is 10.2 Å². The van der Waals surface area contributed by atoms with E-state index < -0.39 is 30.0 Å². The molecule has 4 saturated heterocycles. The molecule has 2 N–H and O–H groups in total. The standard InChI is InChI=1S/C46H56F2N12O5/c1-46(19-28(20-46)32-4-3-5-35-40(32)54(2)45(64)60(35)36-10-11-38(61)52-44(36)63)26-56-16-14-55(15-17-56)22-27-6-8-29(9-7-27)59-24-34(39(53-59)41(47)48)50-43(62)33-21-49-58-13-12-37(51-42(33)58)57-23-31-18-30(57)25-65-31/h3-5,12-13,21,24,27-31,36,41H,6-11,14-20,22-23,25-26H2,1-2H3,(H,50,62)(H,52,61,63)/t27-,28-,29-,30?,31-,36?,46-/m1/s1. The minimum absolute atomic E-state index is 0.00631. The lowest BCUT2D eigenvalue weighted by Gasteiger charge is -2.49. The van der Waals surface area contributed by atoms with Crippen LogP contribution in [-0.2, 0) is 21.4 Å². The number of piperidine rings is 1. The normalized spacial score (nSPS) is 28.7. The van der Waals surface area contributed by atoms with Crippen molar-refractivity contribution in [3.63, 3.8) is 0 Å². The topological polar surface area (TPSA) is 169 Å². The summed E-state index contributed by atoms with van der Waals surface area (Å²) < 4.78 is 40.8. The van der Waals surface area contributed by atoms with E-state index in [0.717, 1.165) is 113 Å². The summed E-state index contributed by atoms with van der Waals surface area (Å²) in [6.45, 7) is 9.82. The molecule has 6 fully saturated rings. The van der Waals surface area contributed by atoms with Gasteiger partial charge < -0.3 is 24.8 Å². The number of halogens is 2. The van der Waals surface area contributed by atoms with Crippen molar-refractivity contribution in [3.05, 3.63) is 70.2 Å². The molecule has 11 rings (SSSR count). The maximum atomic E-state index is 14.3. The number of hydrogen-bond acceptors (Lipinski definition) is 11. The van der Waals surface area contributed by atoms with Crippen LogP contribution in [0.1, 0.15) is 111 Å². The van der Waals surface area contributed by atoms with Crippen LogP contribution in [0, 0.1) is 11.3 Å². The summed E-state index contributed by atoms with van der Waals surface area (Å²) >= 11 is 0. The van der Waals surface area contributed by atoms with Crippen LogP contribution in [0.5, 0.6) is 0 Å². The van der Waals surface area contributed by atoms with E-state index in [-0.39, 0.29) is 52.9 Å². The monoisotopic (exact) mass is 894 g/mol. The number of piperazine rings is 1. The van der Waals surface area contributed by atoms with Crippen LogP contribution < -0.4 is 21.2 Å². The number of para-hydroxylation sites is 1. The Morgan fingerprint density at radius 2 is 1.80 bits per heavy atom. The summed E-state index contributed by atoms with van der Waals surface area (Å²) in [5.74, 6) is 0.295. The summed E-state index contributed by atoms with van der Waals surface area (Å²) in [5, 5.41) is 13.7. The number of amides is 3. The van der Waals surface area contributed by atoms with E-state index >= 15 is 0 Å². The first-order chi connectivity index (χ1) is 31.4. The number of anilines is 2. The molecule has 65 heavy (non-hydrogen) atoms. The van der Waals surface area contributed by atoms with Gasteiger partial charge in [0, 0.05) is 71.7 Å². The van der Waals surface area contributed by atoms with E-state index in [1.54, 1.807) is 33.3 Å². The number of aryl methyl sites for hydroxylation is 1. The number of carbonyl (C=O) groups is 3. The Morgan fingerprint density at radius 1 is 1.02 bits per heavy atom. The molecule has 8 heterocycles. The number of morpholine rings is 1. The maximum absolute atomic E-state index is 14.3. The Labute approximate surface area is 374 Å². The molecule has 4 aliphatic heterocycles. The van der Waals surface area contributed by atoms with Crippen molar-refractivity contribution >= 4 is 45.9 Å². The lowest BCUT2D eigenvalue weighted by molar-refractivity contribution is -0.135. The van der Waals surface area contributed by atoms with E-state index in [2.05, 4.69) is 48.5 Å². The van der Waals surface area contributed by atoms with Gasteiger partial charge in [-0.1, -0.05) is 19.1 Å². The van der Waals surface area contributed by atoms with Crippen molar-refractivity contribution in [1.29, 1.82) is 0 Å². The van der Waals surface area contributed by atoms with Crippen LogP contribution in [0.25, 0.3) is 16.7 Å². The van der Waals surface area contributed by atoms with Crippen LogP contribution in [0.2, 0.25) is 0 Å². The van der Waals surface area contributed by atoms with Crippen molar-refractivity contribution in [3.8, 4) is 0 Å². The zero-order valence-electron chi connectivity index (χ0n) is 36.9. The highest BCUT2D eigenvalue weighted by atomic mass is 19.3. The zero-order chi connectivity index (χ0) is 44.7. The number of carbonyl (C=O) groups excluding carboxylic acids is 3. The van der Waals surface area contributed by atoms with Gasteiger partial charge in [-0.3, -0.25) is 33.5 Å². The third-order valence-electron chi connectivity index (χ3n) is 15.4. The highest BCUT2D eigenvalue weighted by Crippen LogP contribution is 2.52. The fraction of sp³-hybridized carbons (Fsp3) is 0.587. The van der Waals surface area contributed by atoms with Gasteiger partial charge in [0.25, 0.3) is 12.3 Å². The van der Waals surface area contributed by atoms with Gasteiger partial charge in [-0.25, -0.2) is 23.1 Å². The van der Waals surface area contributed by atoms with E-state index in [4.69, 9.17) is 9.72 Å². The van der Waals surface area contributed by atoms with Crippen LogP contribution >= 0.6 is 0 Å². The molecule has 4 aromatic heterocycles. The molecule has 2 aliphatic carbocycles. The number of imide groups is 1. The fourth-order valence-electron chi connectivity index (χ4n) is 12.0.